The topological polar surface area (TPSA) is 95.7 Å². The number of alkyl halides is 3. The number of piperazine rings is 1. The quantitative estimate of drug-likeness (QED) is 0.567. The molecular weight excluding hydrogens is 463 g/mol. The summed E-state index contributed by atoms with van der Waals surface area (Å²) in [5.41, 5.74) is 2.40. The van der Waals surface area contributed by atoms with E-state index in [0.717, 1.165) is 10.1 Å². The molecule has 0 atom stereocenters. The van der Waals surface area contributed by atoms with Gasteiger partial charge in [0.1, 0.15) is 0 Å². The highest BCUT2D eigenvalue weighted by Gasteiger charge is 2.37. The summed E-state index contributed by atoms with van der Waals surface area (Å²) in [6.07, 6.45) is -4.68. The smallest absolute Gasteiger partial charge is 0.351 e. The van der Waals surface area contributed by atoms with Crippen molar-refractivity contribution < 1.29 is 22.8 Å². The number of aromatic nitrogens is 4. The number of halogens is 3. The fraction of sp³-hybridized carbons (Fsp3) is 0.435. The molecule has 0 radical (unpaired) electrons. The first-order chi connectivity index (χ1) is 16.6. The van der Waals surface area contributed by atoms with Crippen LogP contribution in [0.3, 0.4) is 0 Å². The van der Waals surface area contributed by atoms with Crippen molar-refractivity contribution in [2.75, 3.05) is 32.7 Å². The van der Waals surface area contributed by atoms with E-state index in [-0.39, 0.29) is 30.6 Å². The summed E-state index contributed by atoms with van der Waals surface area (Å²) >= 11 is 0. The van der Waals surface area contributed by atoms with E-state index < -0.39 is 12.0 Å². The van der Waals surface area contributed by atoms with Crippen LogP contribution >= 0.6 is 0 Å². The third-order valence-electron chi connectivity index (χ3n) is 6.06. The van der Waals surface area contributed by atoms with E-state index in [9.17, 15) is 22.8 Å². The predicted molar refractivity (Wildman–Crippen MR) is 120 cm³/mol. The van der Waals surface area contributed by atoms with Crippen LogP contribution in [0, 0.1) is 13.8 Å². The Kier molecular flexibility index (Phi) is 7.01. The van der Waals surface area contributed by atoms with Crippen molar-refractivity contribution in [2.24, 2.45) is 0 Å². The minimum absolute atomic E-state index is 0.000615. The lowest BCUT2D eigenvalue weighted by Gasteiger charge is -2.34. The van der Waals surface area contributed by atoms with Crippen molar-refractivity contribution in [3.63, 3.8) is 0 Å². The zero-order valence-corrected chi connectivity index (χ0v) is 19.5. The third kappa shape index (κ3) is 5.76. The monoisotopic (exact) mass is 489 g/mol. The van der Waals surface area contributed by atoms with Gasteiger partial charge in [0, 0.05) is 49.7 Å². The first-order valence-electron chi connectivity index (χ1n) is 11.2. The average molecular weight is 490 g/mol. The van der Waals surface area contributed by atoms with E-state index in [1.165, 1.54) is 0 Å². The van der Waals surface area contributed by atoms with Crippen molar-refractivity contribution in [3.05, 3.63) is 58.7 Å². The SMILES string of the molecule is Cc1nc2nc(C(F)(F)F)nn2c(C)c1CC(=O)N1CCN(CC(=O)NCc2ccccc2)CC1. The number of hydrogen-bond acceptors (Lipinski definition) is 6. The molecule has 2 aromatic heterocycles. The highest BCUT2D eigenvalue weighted by Crippen LogP contribution is 2.27. The molecule has 0 saturated carbocycles. The Morgan fingerprint density at radius 1 is 1.03 bits per heavy atom. The number of carbonyl (C=O) groups is 2. The molecule has 2 amide bonds. The summed E-state index contributed by atoms with van der Waals surface area (Å²) in [5, 5.41) is 6.42. The van der Waals surface area contributed by atoms with Crippen molar-refractivity contribution in [2.45, 2.75) is 33.0 Å². The molecule has 0 unspecified atom stereocenters. The number of fused-ring (bicyclic) bond motifs is 1. The van der Waals surface area contributed by atoms with Crippen LogP contribution in [0.1, 0.15) is 28.3 Å². The van der Waals surface area contributed by atoms with Gasteiger partial charge < -0.3 is 10.2 Å². The molecule has 3 heterocycles. The summed E-state index contributed by atoms with van der Waals surface area (Å²) in [5.74, 6) is -1.64. The molecule has 186 valence electrons. The van der Waals surface area contributed by atoms with E-state index in [2.05, 4.69) is 20.4 Å². The summed E-state index contributed by atoms with van der Waals surface area (Å²) in [4.78, 5) is 36.5. The third-order valence-corrected chi connectivity index (χ3v) is 6.06. The van der Waals surface area contributed by atoms with Crippen molar-refractivity contribution >= 4 is 17.6 Å². The molecule has 0 spiro atoms. The van der Waals surface area contributed by atoms with Crippen molar-refractivity contribution in [1.82, 2.24) is 34.7 Å². The number of nitrogens with one attached hydrogen (secondary N) is 1. The maximum atomic E-state index is 13.0. The van der Waals surface area contributed by atoms with Gasteiger partial charge in [0.05, 0.1) is 13.0 Å². The summed E-state index contributed by atoms with van der Waals surface area (Å²) in [7, 11) is 0. The second kappa shape index (κ2) is 9.98. The van der Waals surface area contributed by atoms with Crippen molar-refractivity contribution in [1.29, 1.82) is 0 Å². The number of amides is 2. The zero-order valence-electron chi connectivity index (χ0n) is 19.5. The average Bonchev–Trinajstić information content (AvgIpc) is 3.26. The number of hydrogen-bond donors (Lipinski definition) is 1. The van der Waals surface area contributed by atoms with Gasteiger partial charge >= 0.3 is 6.18 Å². The van der Waals surface area contributed by atoms with E-state index in [4.69, 9.17) is 0 Å². The number of rotatable bonds is 6. The largest absolute Gasteiger partial charge is 0.453 e. The fourth-order valence-corrected chi connectivity index (χ4v) is 4.06. The van der Waals surface area contributed by atoms with E-state index in [0.29, 0.717) is 49.7 Å². The molecular formula is C23H26F3N7O2. The molecule has 1 N–H and O–H groups in total. The Labute approximate surface area is 199 Å². The molecule has 0 bridgehead atoms. The minimum atomic E-state index is -4.68. The summed E-state index contributed by atoms with van der Waals surface area (Å²) in [6, 6.07) is 9.64. The van der Waals surface area contributed by atoms with Gasteiger partial charge in [-0.1, -0.05) is 30.3 Å². The van der Waals surface area contributed by atoms with Crippen LogP contribution < -0.4 is 5.32 Å². The highest BCUT2D eigenvalue weighted by atomic mass is 19.4. The molecule has 1 aliphatic heterocycles. The van der Waals surface area contributed by atoms with Crippen LogP contribution in [0.15, 0.2) is 30.3 Å². The van der Waals surface area contributed by atoms with Gasteiger partial charge in [-0.3, -0.25) is 14.5 Å². The molecule has 12 heteroatoms. The van der Waals surface area contributed by atoms with Gasteiger partial charge in [-0.2, -0.15) is 18.2 Å². The van der Waals surface area contributed by atoms with Gasteiger partial charge in [-0.15, -0.1) is 5.10 Å². The molecule has 1 saturated heterocycles. The molecule has 35 heavy (non-hydrogen) atoms. The van der Waals surface area contributed by atoms with Crippen LogP contribution in [0.2, 0.25) is 0 Å². The lowest BCUT2D eigenvalue weighted by Crippen LogP contribution is -2.51. The van der Waals surface area contributed by atoms with Crippen LogP contribution in [0.25, 0.3) is 5.78 Å². The standard InChI is InChI=1S/C23H26F3N7O2/c1-15-18(16(2)33-22(28-15)29-21(30-33)23(24,25)26)12-20(35)32-10-8-31(9-11-32)14-19(34)27-13-17-6-4-3-5-7-17/h3-7H,8-14H2,1-2H3,(H,27,34). The van der Waals surface area contributed by atoms with Gasteiger partial charge in [0.15, 0.2) is 0 Å². The van der Waals surface area contributed by atoms with Crippen molar-refractivity contribution in [3.8, 4) is 0 Å². The molecule has 1 fully saturated rings. The Balaban J connectivity index is 1.32. The Morgan fingerprint density at radius 2 is 1.71 bits per heavy atom. The normalized spacial score (nSPS) is 14.9. The van der Waals surface area contributed by atoms with Gasteiger partial charge in [0.2, 0.25) is 11.8 Å². The zero-order chi connectivity index (χ0) is 25.2. The van der Waals surface area contributed by atoms with Crippen LogP contribution in [0.5, 0.6) is 0 Å². The summed E-state index contributed by atoms with van der Waals surface area (Å²) < 4.78 is 40.0. The maximum Gasteiger partial charge on any atom is 0.453 e. The van der Waals surface area contributed by atoms with E-state index in [1.807, 2.05) is 35.2 Å². The second-order valence-electron chi connectivity index (χ2n) is 8.50. The molecule has 9 nitrogen and oxygen atoms in total. The molecule has 3 aromatic rings. The molecule has 1 aromatic carbocycles. The Bertz CT molecular complexity index is 1220. The number of nitrogens with zero attached hydrogens (tertiary/aromatic N) is 6. The van der Waals surface area contributed by atoms with Gasteiger partial charge in [0.25, 0.3) is 11.6 Å². The number of carbonyl (C=O) groups excluding carboxylic acids is 2. The first kappa shape index (κ1) is 24.6. The molecule has 0 aliphatic carbocycles. The predicted octanol–water partition coefficient (Wildman–Crippen LogP) is 1.76. The van der Waals surface area contributed by atoms with Crippen LogP contribution in [-0.4, -0.2) is 73.9 Å². The summed E-state index contributed by atoms with van der Waals surface area (Å²) in [6.45, 7) is 5.98. The maximum absolute atomic E-state index is 13.0. The minimum Gasteiger partial charge on any atom is -0.351 e. The lowest BCUT2D eigenvalue weighted by molar-refractivity contribution is -0.144. The Morgan fingerprint density at radius 3 is 2.37 bits per heavy atom. The second-order valence-corrected chi connectivity index (χ2v) is 8.50. The first-order valence-corrected chi connectivity index (χ1v) is 11.2. The molecule has 4 rings (SSSR count). The van der Waals surface area contributed by atoms with Gasteiger partial charge in [-0.25, -0.2) is 9.50 Å². The van der Waals surface area contributed by atoms with E-state index in [1.54, 1.807) is 18.7 Å². The number of aryl methyl sites for hydroxylation is 2. The Hall–Kier alpha value is -3.54. The van der Waals surface area contributed by atoms with Gasteiger partial charge in [-0.05, 0) is 19.4 Å². The molecule has 1 aliphatic rings. The van der Waals surface area contributed by atoms with Crippen LogP contribution in [0.4, 0.5) is 13.2 Å². The fourth-order valence-electron chi connectivity index (χ4n) is 4.06. The number of benzene rings is 1. The lowest BCUT2D eigenvalue weighted by atomic mass is 10.1. The highest BCUT2D eigenvalue weighted by molar-refractivity contribution is 5.80. The van der Waals surface area contributed by atoms with Crippen LogP contribution in [-0.2, 0) is 28.7 Å². The van der Waals surface area contributed by atoms with E-state index >= 15 is 0 Å².